The number of nitrogens with zero attached hydrogens (tertiary/aromatic N) is 9. The number of aromatic hydroxyl groups is 1. The minimum atomic E-state index is -4.38. The van der Waals surface area contributed by atoms with Crippen molar-refractivity contribution < 1.29 is 99.9 Å². The first-order valence-electron chi connectivity index (χ1n) is 32.3. The van der Waals surface area contributed by atoms with Crippen LogP contribution in [0.25, 0.3) is 49.3 Å². The van der Waals surface area contributed by atoms with E-state index in [4.69, 9.17) is 53.8 Å². The average molecular weight is 1570 g/mol. The van der Waals surface area contributed by atoms with Crippen LogP contribution in [0, 0.1) is 0 Å². The number of carbonyl (C=O) groups is 8. The molecule has 12 heterocycles. The topological polar surface area (TPSA) is 491 Å². The second-order valence-corrected chi connectivity index (χ2v) is 31.5. The molecule has 106 heavy (non-hydrogen) atoms. The van der Waals surface area contributed by atoms with Gasteiger partial charge in [0.15, 0.2) is 18.1 Å². The first kappa shape index (κ1) is 74.8. The van der Waals surface area contributed by atoms with Crippen molar-refractivity contribution in [1.82, 2.24) is 71.0 Å². The molecule has 0 spiro atoms. The number of pyridine rings is 1. The standard InChI is InChI=1S/C64H67N15O21S6/c1-25(80)42-56(87)75-43(26(2)94-7)59-70-37(23-103-59)55(86)76-46-48-49(100-40-14-64(4)50(27(3)99-40)78(6)24-98-64)63(89)96-16-28-9-8-10-38-41(28)30(17-95-48)47(79(38)90)62(88)97-18-32(67-53(84)35-22-105-61(46)72-35)58-68-33(19-102-58)44-29(57-69-36(20-101-57)54(85)74-42)13-39(81)45(73-44)60-71-34(21-104-60)52(83)66-31(51(65)82)15-77(5)11-12-106(91,92)93/h8-10,13,19-23,25,27,31-32,40,42,46,48-50,80-81,90H,11-12,14-18,24H2,1-7H3,(H2,65,82)(H,66,83)(H,67,84)(H,74,85)(H,75,87)(H,76,86)(H,91,92,93)/b43-26+. The number of carbonyl (C=O) groups excluding carboxylic acids is 8. The normalized spacial score (nSPS) is 24.3. The van der Waals surface area contributed by atoms with Gasteiger partial charge in [-0.3, -0.25) is 38.2 Å². The summed E-state index contributed by atoms with van der Waals surface area (Å²) in [6, 6.07) is -0.466. The smallest absolute Gasteiger partial charge is 0.358 e. The SMILES string of the molecule is CO/C(C)=C1/NC(=O)C(C(C)O)NC(=O)c2csc(n2)-c2cc(O)c(-c3nc(C(=O)NC(CN(C)CCS(=O)(=O)O)C(N)=O)cs3)nc2-c2csc(n2)C2COC(=O)c3c4c5c(cccc5n3O)COC(=O)C(OC3CC5(C)OCN(C)C5C(C)O3)C(OC4)C(NC(=O)c3csc1n3)c1nc(cs1)C(=O)N2. The number of likely N-dealkylation sites (N-methyl/N-ethyl adjacent to an activating group) is 2. The predicted octanol–water partition coefficient (Wildman–Crippen LogP) is 2.93. The highest BCUT2D eigenvalue weighted by Crippen LogP contribution is 2.44. The van der Waals surface area contributed by atoms with E-state index in [1.165, 1.54) is 71.9 Å². The summed E-state index contributed by atoms with van der Waals surface area (Å²) in [5.41, 5.74) is 3.17. The zero-order valence-electron chi connectivity index (χ0n) is 56.9. The lowest BCUT2D eigenvalue weighted by molar-refractivity contribution is -0.268. The second-order valence-electron chi connectivity index (χ2n) is 25.5. The van der Waals surface area contributed by atoms with Crippen molar-refractivity contribution in [3.63, 3.8) is 0 Å². The lowest BCUT2D eigenvalue weighted by Gasteiger charge is -2.45. The van der Waals surface area contributed by atoms with Crippen molar-refractivity contribution in [2.75, 3.05) is 53.4 Å². The summed E-state index contributed by atoms with van der Waals surface area (Å²) in [4.78, 5) is 147. The fourth-order valence-electron chi connectivity index (χ4n) is 12.9. The molecule has 6 amide bonds. The van der Waals surface area contributed by atoms with Gasteiger partial charge in [0.1, 0.15) is 126 Å². The van der Waals surface area contributed by atoms with Gasteiger partial charge < -0.3 is 85.8 Å². The Morgan fingerprint density at radius 1 is 0.877 bits per heavy atom. The highest BCUT2D eigenvalue weighted by atomic mass is 32.2. The fraction of sp³-hybridized carbons (Fsp3) is 0.406. The number of fused-ring (bicyclic) bond motifs is 16. The number of rotatable bonds is 13. The van der Waals surface area contributed by atoms with Gasteiger partial charge in [-0.05, 0) is 59.5 Å². The Balaban J connectivity index is 0.952. The number of benzene rings is 1. The van der Waals surface area contributed by atoms with Crippen LogP contribution in [0.4, 0.5) is 0 Å². The van der Waals surface area contributed by atoms with E-state index >= 15 is 19.2 Å². The summed E-state index contributed by atoms with van der Waals surface area (Å²) < 4.78 is 77.1. The number of ether oxygens (including phenoxy) is 7. The number of hydrogen-bond donors (Lipinski definition) is 10. The number of nitrogens with two attached hydrogens (primary N) is 1. The monoisotopic (exact) mass is 1570 g/mol. The molecule has 5 aliphatic heterocycles. The Morgan fingerprint density at radius 2 is 1.56 bits per heavy atom. The molecule has 0 saturated carbocycles. The summed E-state index contributed by atoms with van der Waals surface area (Å²) in [6.07, 6.45) is -6.88. The van der Waals surface area contributed by atoms with E-state index in [0.717, 1.165) is 56.7 Å². The lowest BCUT2D eigenvalue weighted by Crippen LogP contribution is -2.58. The molecular formula is C64H67N15O21S6. The number of cyclic esters (lactones) is 2. The van der Waals surface area contributed by atoms with Gasteiger partial charge >= 0.3 is 11.9 Å². The van der Waals surface area contributed by atoms with Crippen molar-refractivity contribution in [3.05, 3.63) is 112 Å². The van der Waals surface area contributed by atoms with Crippen LogP contribution in [0.3, 0.4) is 0 Å². The summed E-state index contributed by atoms with van der Waals surface area (Å²) >= 11 is 4.39. The number of primary amides is 1. The number of esters is 2. The molecule has 11 atom stereocenters. The largest absolute Gasteiger partial charge is 0.506 e. The summed E-state index contributed by atoms with van der Waals surface area (Å²) in [6.45, 7) is 4.40. The van der Waals surface area contributed by atoms with Crippen LogP contribution in [0.1, 0.15) is 125 Å². The molecule has 2 saturated heterocycles. The van der Waals surface area contributed by atoms with Crippen molar-refractivity contribution in [2.24, 2.45) is 5.73 Å². The minimum Gasteiger partial charge on any atom is -0.506 e. The summed E-state index contributed by atoms with van der Waals surface area (Å²) in [7, 11) is 0.233. The molecule has 7 aromatic heterocycles. The molecule has 42 heteroatoms. The first-order chi connectivity index (χ1) is 50.4. The molecule has 2 fully saturated rings. The number of aliphatic hydroxyl groups is 1. The Bertz CT molecular complexity index is 4990. The molecule has 560 valence electrons. The maximum absolute atomic E-state index is 15.2. The Labute approximate surface area is 620 Å². The van der Waals surface area contributed by atoms with E-state index in [1.807, 2.05) is 25.8 Å². The van der Waals surface area contributed by atoms with Gasteiger partial charge in [-0.15, -0.1) is 56.7 Å². The molecule has 5 aliphatic rings. The van der Waals surface area contributed by atoms with Gasteiger partial charge in [-0.2, -0.15) is 13.1 Å². The van der Waals surface area contributed by atoms with Crippen LogP contribution in [0.2, 0.25) is 0 Å². The number of aliphatic hydroxyl groups excluding tert-OH is 1. The lowest BCUT2D eigenvalue weighted by atomic mass is 9.86. The highest BCUT2D eigenvalue weighted by molar-refractivity contribution is 7.85. The van der Waals surface area contributed by atoms with Gasteiger partial charge in [0, 0.05) is 62.9 Å². The molecule has 0 aliphatic carbocycles. The van der Waals surface area contributed by atoms with Crippen molar-refractivity contribution >= 4 is 131 Å². The van der Waals surface area contributed by atoms with Crippen LogP contribution in [-0.4, -0.2) is 228 Å². The molecule has 1 aromatic carbocycles. The maximum Gasteiger partial charge on any atom is 0.358 e. The Kier molecular flexibility index (Phi) is 21.2. The van der Waals surface area contributed by atoms with Gasteiger partial charge in [0.25, 0.3) is 33.7 Å². The van der Waals surface area contributed by atoms with Crippen molar-refractivity contribution in [1.29, 1.82) is 0 Å². The predicted molar refractivity (Wildman–Crippen MR) is 376 cm³/mol. The van der Waals surface area contributed by atoms with E-state index in [9.17, 15) is 47.6 Å². The Morgan fingerprint density at radius 3 is 2.29 bits per heavy atom. The van der Waals surface area contributed by atoms with Gasteiger partial charge in [-0.1, -0.05) is 12.1 Å². The molecule has 36 nitrogen and oxygen atoms in total. The van der Waals surface area contributed by atoms with Crippen LogP contribution < -0.4 is 32.3 Å². The number of thiazole rings is 5. The van der Waals surface area contributed by atoms with Crippen molar-refractivity contribution in [3.8, 4) is 38.4 Å². The molecule has 11 unspecified atom stereocenters. The number of hydrogen-bond acceptors (Lipinski definition) is 33. The molecule has 8 aromatic rings. The Hall–Kier alpha value is -9.41. The quantitative estimate of drug-likeness (QED) is 0.0343. The van der Waals surface area contributed by atoms with Gasteiger partial charge in [0.2, 0.25) is 11.8 Å². The van der Waals surface area contributed by atoms with Gasteiger partial charge in [-0.25, -0.2) is 39.5 Å². The zero-order valence-corrected chi connectivity index (χ0v) is 61.8. The van der Waals surface area contributed by atoms with Crippen LogP contribution in [0.5, 0.6) is 5.75 Å². The van der Waals surface area contributed by atoms with Crippen LogP contribution >= 0.6 is 56.7 Å². The third-order valence-electron chi connectivity index (χ3n) is 18.1. The minimum absolute atomic E-state index is 0.00684. The zero-order chi connectivity index (χ0) is 75.5. The highest BCUT2D eigenvalue weighted by Gasteiger charge is 2.54. The number of methoxy groups -OCH3 is 1. The van der Waals surface area contributed by atoms with E-state index in [0.29, 0.717) is 10.3 Å². The van der Waals surface area contributed by atoms with E-state index in [1.54, 1.807) is 12.1 Å². The first-order valence-corrected chi connectivity index (χ1v) is 38.3. The molecular weight excluding hydrogens is 1510 g/mol. The van der Waals surface area contributed by atoms with E-state index in [2.05, 4.69) is 41.5 Å². The summed E-state index contributed by atoms with van der Waals surface area (Å²) in [5, 5.41) is 55.8. The number of nitrogens with one attached hydrogen (secondary N) is 5. The number of allylic oxidation sites excluding steroid dienone is 1. The second kappa shape index (κ2) is 30.1. The molecule has 11 N–H and O–H groups in total. The van der Waals surface area contributed by atoms with E-state index in [-0.39, 0.29) is 131 Å². The van der Waals surface area contributed by atoms with Gasteiger partial charge in [0.05, 0.1) is 55.6 Å². The third kappa shape index (κ3) is 15.2. The van der Waals surface area contributed by atoms with Crippen molar-refractivity contribution in [2.45, 2.75) is 114 Å². The third-order valence-corrected chi connectivity index (χ3v) is 23.3. The van der Waals surface area contributed by atoms with Crippen LogP contribution in [0.15, 0.2) is 56.9 Å². The molecule has 13 rings (SSSR count). The van der Waals surface area contributed by atoms with Crippen LogP contribution in [-0.2, 0) is 70.9 Å². The average Bonchev–Trinajstić information content (AvgIpc) is 1.58. The maximum atomic E-state index is 15.2. The molecule has 0 radical (unpaired) electrons. The summed E-state index contributed by atoms with van der Waals surface area (Å²) in [5.74, 6) is -9.04. The van der Waals surface area contributed by atoms with E-state index < -0.39 is 155 Å². The number of aromatic nitrogens is 7. The number of amides is 6. The fourth-order valence-corrected chi connectivity index (χ4v) is 17.6. The molecule has 12 bridgehead atoms.